The Balaban J connectivity index is 2.34. The van der Waals surface area contributed by atoms with E-state index in [0.29, 0.717) is 11.1 Å². The minimum atomic E-state index is -0.592. The first-order chi connectivity index (χ1) is 9.29. The van der Waals surface area contributed by atoms with Gasteiger partial charge in [0.25, 0.3) is 0 Å². The second-order valence-corrected chi connectivity index (χ2v) is 7.04. The molecule has 3 nitrogen and oxygen atoms in total. The maximum atomic E-state index is 10.5. The molecular weight excluding hydrogens is 272 g/mol. The van der Waals surface area contributed by atoms with Crippen molar-refractivity contribution in [2.24, 2.45) is 10.5 Å². The summed E-state index contributed by atoms with van der Waals surface area (Å²) >= 11 is 6.24. The van der Waals surface area contributed by atoms with Gasteiger partial charge in [-0.15, -0.1) is 0 Å². The van der Waals surface area contributed by atoms with E-state index < -0.39 is 6.10 Å². The van der Waals surface area contributed by atoms with E-state index in [2.05, 4.69) is 17.5 Å². The molecule has 2 atom stereocenters. The van der Waals surface area contributed by atoms with Gasteiger partial charge in [0, 0.05) is 16.6 Å². The van der Waals surface area contributed by atoms with E-state index in [4.69, 9.17) is 11.6 Å². The largest absolute Gasteiger partial charge is 0.388 e. The number of benzene rings is 1. The molecule has 110 valence electrons. The van der Waals surface area contributed by atoms with Crippen molar-refractivity contribution in [1.82, 2.24) is 5.43 Å². The van der Waals surface area contributed by atoms with Crippen molar-refractivity contribution in [3.05, 3.63) is 34.3 Å². The van der Waals surface area contributed by atoms with Crippen LogP contribution in [0.1, 0.15) is 57.8 Å². The Hall–Kier alpha value is -1.06. The number of aliphatic hydroxyl groups excluding tert-OH is 1. The fourth-order valence-electron chi connectivity index (χ4n) is 2.27. The summed E-state index contributed by atoms with van der Waals surface area (Å²) in [6.07, 6.45) is 1.42. The third-order valence-corrected chi connectivity index (χ3v) is 4.02. The zero-order valence-electron chi connectivity index (χ0n) is 12.6. The van der Waals surface area contributed by atoms with E-state index in [-0.39, 0.29) is 5.41 Å². The van der Waals surface area contributed by atoms with Crippen LogP contribution in [0.25, 0.3) is 0 Å². The molecule has 1 aliphatic heterocycles. The lowest BCUT2D eigenvalue weighted by Gasteiger charge is -2.27. The lowest BCUT2D eigenvalue weighted by atomic mass is 9.84. The quantitative estimate of drug-likeness (QED) is 0.869. The van der Waals surface area contributed by atoms with Crippen molar-refractivity contribution in [2.45, 2.75) is 52.7 Å². The van der Waals surface area contributed by atoms with Crippen LogP contribution in [0, 0.1) is 5.41 Å². The van der Waals surface area contributed by atoms with E-state index in [1.165, 1.54) is 0 Å². The molecular formula is C16H23ClN2O. The summed E-state index contributed by atoms with van der Waals surface area (Å²) < 4.78 is 0. The van der Waals surface area contributed by atoms with Gasteiger partial charge in [-0.2, -0.15) is 5.10 Å². The van der Waals surface area contributed by atoms with E-state index in [1.54, 1.807) is 0 Å². The van der Waals surface area contributed by atoms with Crippen LogP contribution < -0.4 is 5.43 Å². The van der Waals surface area contributed by atoms with Gasteiger partial charge in [0.15, 0.2) is 0 Å². The van der Waals surface area contributed by atoms with Crippen LogP contribution in [-0.2, 0) is 0 Å². The summed E-state index contributed by atoms with van der Waals surface area (Å²) in [7, 11) is 0. The summed E-state index contributed by atoms with van der Waals surface area (Å²) in [6, 6.07) is 6.21. The molecule has 1 aliphatic rings. The first-order valence-corrected chi connectivity index (χ1v) is 7.47. The highest BCUT2D eigenvalue weighted by molar-refractivity contribution is 6.31. The molecule has 0 bridgehead atoms. The normalized spacial score (nSPS) is 21.1. The van der Waals surface area contributed by atoms with E-state index in [1.807, 2.05) is 39.0 Å². The molecule has 0 aliphatic carbocycles. The Morgan fingerprint density at radius 2 is 2.10 bits per heavy atom. The smallest absolute Gasteiger partial charge is 0.0852 e. The van der Waals surface area contributed by atoms with Crippen molar-refractivity contribution in [3.8, 4) is 0 Å². The standard InChI is InChI=1S/C16H23ClN2O/c1-10-5-8-14(19-18-10)11-6-7-13(17)12(9-11)15(20)16(2,3)4/h6-7,9-10,15,18,20H,5,8H2,1-4H3. The molecule has 20 heavy (non-hydrogen) atoms. The van der Waals surface area contributed by atoms with Crippen LogP contribution in [0.4, 0.5) is 0 Å². The SMILES string of the molecule is CC1CCC(c2ccc(Cl)c(C(O)C(C)(C)C)c2)=NN1. The Morgan fingerprint density at radius 1 is 1.40 bits per heavy atom. The van der Waals surface area contributed by atoms with E-state index in [0.717, 1.165) is 29.7 Å². The molecule has 0 spiro atoms. The molecule has 1 heterocycles. The second-order valence-electron chi connectivity index (χ2n) is 6.63. The summed E-state index contributed by atoms with van der Waals surface area (Å²) in [5.74, 6) is 0. The summed E-state index contributed by atoms with van der Waals surface area (Å²) in [5, 5.41) is 15.5. The highest BCUT2D eigenvalue weighted by Gasteiger charge is 2.26. The highest BCUT2D eigenvalue weighted by Crippen LogP contribution is 2.36. The molecule has 0 radical (unpaired) electrons. The van der Waals surface area contributed by atoms with Gasteiger partial charge >= 0.3 is 0 Å². The van der Waals surface area contributed by atoms with Crippen LogP contribution >= 0.6 is 11.6 Å². The lowest BCUT2D eigenvalue weighted by molar-refractivity contribution is 0.0627. The minimum Gasteiger partial charge on any atom is -0.388 e. The number of nitrogens with zero attached hydrogens (tertiary/aromatic N) is 1. The maximum Gasteiger partial charge on any atom is 0.0852 e. The number of halogens is 1. The van der Waals surface area contributed by atoms with Crippen LogP contribution in [0.2, 0.25) is 5.02 Å². The van der Waals surface area contributed by atoms with Gasteiger partial charge in [-0.3, -0.25) is 0 Å². The van der Waals surface area contributed by atoms with E-state index >= 15 is 0 Å². The van der Waals surface area contributed by atoms with Crippen molar-refractivity contribution in [3.63, 3.8) is 0 Å². The average molecular weight is 295 g/mol. The number of hydrazone groups is 1. The van der Waals surface area contributed by atoms with Crippen LogP contribution in [0.3, 0.4) is 0 Å². The summed E-state index contributed by atoms with van der Waals surface area (Å²) in [4.78, 5) is 0. The van der Waals surface area contributed by atoms with Crippen molar-refractivity contribution in [1.29, 1.82) is 0 Å². The fourth-order valence-corrected chi connectivity index (χ4v) is 2.49. The summed E-state index contributed by atoms with van der Waals surface area (Å²) in [5.41, 5.74) is 5.71. The summed E-state index contributed by atoms with van der Waals surface area (Å²) in [6.45, 7) is 8.13. The number of rotatable bonds is 2. The molecule has 0 amide bonds. The van der Waals surface area contributed by atoms with Gasteiger partial charge in [-0.05, 0) is 42.9 Å². The average Bonchev–Trinajstić information content (AvgIpc) is 2.38. The molecule has 2 unspecified atom stereocenters. The third kappa shape index (κ3) is 3.33. The third-order valence-electron chi connectivity index (χ3n) is 3.68. The van der Waals surface area contributed by atoms with Gasteiger partial charge in [-0.25, -0.2) is 0 Å². The van der Waals surface area contributed by atoms with Gasteiger partial charge in [0.05, 0.1) is 11.8 Å². The molecule has 1 aromatic carbocycles. The lowest BCUT2D eigenvalue weighted by Crippen LogP contribution is -2.28. The monoisotopic (exact) mass is 294 g/mol. The topological polar surface area (TPSA) is 44.6 Å². The number of aliphatic hydroxyl groups is 1. The Morgan fingerprint density at radius 3 is 2.65 bits per heavy atom. The van der Waals surface area contributed by atoms with Crippen molar-refractivity contribution in [2.75, 3.05) is 0 Å². The number of hydrogen-bond donors (Lipinski definition) is 2. The van der Waals surface area contributed by atoms with Crippen molar-refractivity contribution >= 4 is 17.3 Å². The van der Waals surface area contributed by atoms with E-state index in [9.17, 15) is 5.11 Å². The van der Waals surface area contributed by atoms with Gasteiger partial charge in [0.2, 0.25) is 0 Å². The van der Waals surface area contributed by atoms with Gasteiger partial charge < -0.3 is 10.5 Å². The zero-order chi connectivity index (χ0) is 14.9. The second kappa shape index (κ2) is 5.74. The number of nitrogens with one attached hydrogen (secondary N) is 1. The first-order valence-electron chi connectivity index (χ1n) is 7.09. The molecule has 0 saturated heterocycles. The minimum absolute atomic E-state index is 0.247. The predicted octanol–water partition coefficient (Wildman–Crippen LogP) is 3.90. The molecule has 0 saturated carbocycles. The Bertz CT molecular complexity index is 520. The van der Waals surface area contributed by atoms with Crippen LogP contribution in [0.15, 0.2) is 23.3 Å². The number of hydrogen-bond acceptors (Lipinski definition) is 3. The van der Waals surface area contributed by atoms with Gasteiger partial charge in [-0.1, -0.05) is 38.4 Å². The molecule has 0 fully saturated rings. The highest BCUT2D eigenvalue weighted by atomic mass is 35.5. The predicted molar refractivity (Wildman–Crippen MR) is 84.2 cm³/mol. The van der Waals surface area contributed by atoms with Crippen LogP contribution in [0.5, 0.6) is 0 Å². The van der Waals surface area contributed by atoms with Crippen LogP contribution in [-0.4, -0.2) is 16.9 Å². The molecule has 2 N–H and O–H groups in total. The molecule has 4 heteroatoms. The molecule has 2 rings (SSSR count). The molecule has 0 aromatic heterocycles. The zero-order valence-corrected chi connectivity index (χ0v) is 13.3. The van der Waals surface area contributed by atoms with Gasteiger partial charge in [0.1, 0.15) is 0 Å². The first kappa shape index (κ1) is 15.3. The fraction of sp³-hybridized carbons (Fsp3) is 0.562. The Kier molecular flexibility index (Phi) is 4.40. The maximum absolute atomic E-state index is 10.5. The van der Waals surface area contributed by atoms with Crippen molar-refractivity contribution < 1.29 is 5.11 Å². The molecule has 1 aromatic rings. The Labute approximate surface area is 126 Å².